The molecule has 17 heavy (non-hydrogen) atoms. The minimum Gasteiger partial charge on any atom is -0.362 e. The summed E-state index contributed by atoms with van der Waals surface area (Å²) in [6.45, 7) is 2.86. The Morgan fingerprint density at radius 2 is 2.12 bits per heavy atom. The lowest BCUT2D eigenvalue weighted by molar-refractivity contribution is -0.245. The molecule has 1 heterocycles. The first-order valence-electron chi connectivity index (χ1n) is 6.26. The van der Waals surface area contributed by atoms with Crippen LogP contribution in [0.2, 0.25) is 0 Å². The molecule has 1 aliphatic heterocycles. The maximum atomic E-state index is 10.5. The Hall–Kier alpha value is -0.380. The number of ether oxygens (including phenoxy) is 1. The zero-order valence-electron chi connectivity index (χ0n) is 10.2. The van der Waals surface area contributed by atoms with Gasteiger partial charge >= 0.3 is 0 Å². The molecule has 1 fully saturated rings. The molecule has 0 radical (unpaired) electrons. The quantitative estimate of drug-likeness (QED) is 0.919. The molecule has 0 unspecified atom stereocenters. The molecule has 2 rings (SSSR count). The van der Waals surface area contributed by atoms with Crippen molar-refractivity contribution in [3.8, 4) is 0 Å². The van der Waals surface area contributed by atoms with E-state index < -0.39 is 5.79 Å². The van der Waals surface area contributed by atoms with Crippen LogP contribution in [0.15, 0.2) is 28.7 Å². The van der Waals surface area contributed by atoms with E-state index >= 15 is 0 Å². The first-order valence-corrected chi connectivity index (χ1v) is 7.06. The van der Waals surface area contributed by atoms with Crippen LogP contribution in [-0.2, 0) is 10.5 Å². The molecule has 0 amide bonds. The van der Waals surface area contributed by atoms with Crippen LogP contribution in [0.1, 0.15) is 38.2 Å². The Bertz CT molecular complexity index is 353. The fraction of sp³-hybridized carbons (Fsp3) is 0.571. The topological polar surface area (TPSA) is 29.5 Å². The molecule has 0 bridgehead atoms. The van der Waals surface area contributed by atoms with Crippen LogP contribution in [-0.4, -0.2) is 11.7 Å². The molecule has 0 aliphatic carbocycles. The van der Waals surface area contributed by atoms with Crippen molar-refractivity contribution in [1.82, 2.24) is 0 Å². The third-order valence-electron chi connectivity index (χ3n) is 3.44. The van der Waals surface area contributed by atoms with Crippen LogP contribution in [0.25, 0.3) is 0 Å². The molecule has 2 nitrogen and oxygen atoms in total. The molecule has 2 atom stereocenters. The molecular weight excluding hydrogens is 280 g/mol. The summed E-state index contributed by atoms with van der Waals surface area (Å²) in [5, 5.41) is 10.5. The maximum absolute atomic E-state index is 10.5. The smallest absolute Gasteiger partial charge is 0.192 e. The largest absolute Gasteiger partial charge is 0.362 e. The van der Waals surface area contributed by atoms with Crippen molar-refractivity contribution in [1.29, 1.82) is 0 Å². The van der Waals surface area contributed by atoms with Crippen LogP contribution in [0.3, 0.4) is 0 Å². The van der Waals surface area contributed by atoms with Crippen molar-refractivity contribution in [2.75, 3.05) is 6.61 Å². The summed E-state index contributed by atoms with van der Waals surface area (Å²) in [5.74, 6) is -0.471. The van der Waals surface area contributed by atoms with Gasteiger partial charge in [0, 0.05) is 16.5 Å². The Labute approximate surface area is 111 Å². The zero-order valence-corrected chi connectivity index (χ0v) is 11.7. The maximum Gasteiger partial charge on any atom is 0.192 e. The van der Waals surface area contributed by atoms with E-state index in [1.54, 1.807) is 0 Å². The Morgan fingerprint density at radius 1 is 1.41 bits per heavy atom. The highest BCUT2D eigenvalue weighted by Crippen LogP contribution is 2.36. The van der Waals surface area contributed by atoms with Gasteiger partial charge in [0.25, 0.3) is 0 Å². The first kappa shape index (κ1) is 13.1. The van der Waals surface area contributed by atoms with E-state index in [0.29, 0.717) is 18.9 Å². The lowest BCUT2D eigenvalue weighted by Gasteiger charge is -2.36. The number of rotatable bonds is 3. The molecule has 0 saturated carbocycles. The Kier molecular flexibility index (Phi) is 4.23. The van der Waals surface area contributed by atoms with Gasteiger partial charge in [0.2, 0.25) is 0 Å². The molecular formula is C14H19BrO2. The lowest BCUT2D eigenvalue weighted by Crippen LogP contribution is -2.36. The van der Waals surface area contributed by atoms with E-state index in [9.17, 15) is 5.11 Å². The molecule has 0 spiro atoms. The van der Waals surface area contributed by atoms with Crippen molar-refractivity contribution in [3.63, 3.8) is 0 Å². The second-order valence-electron chi connectivity index (χ2n) is 4.80. The molecule has 1 aromatic rings. The van der Waals surface area contributed by atoms with Gasteiger partial charge in [-0.3, -0.25) is 0 Å². The summed E-state index contributed by atoms with van der Waals surface area (Å²) in [7, 11) is 0. The fourth-order valence-electron chi connectivity index (χ4n) is 2.38. The molecule has 1 aliphatic rings. The second kappa shape index (κ2) is 5.51. The van der Waals surface area contributed by atoms with Gasteiger partial charge in [0.15, 0.2) is 5.79 Å². The fourth-order valence-corrected chi connectivity index (χ4v) is 2.65. The summed E-state index contributed by atoms with van der Waals surface area (Å²) < 4.78 is 6.71. The highest BCUT2D eigenvalue weighted by Gasteiger charge is 2.35. The number of halogens is 1. The summed E-state index contributed by atoms with van der Waals surface area (Å²) >= 11 is 3.39. The van der Waals surface area contributed by atoms with E-state index in [1.165, 1.54) is 12.8 Å². The molecule has 94 valence electrons. The van der Waals surface area contributed by atoms with E-state index in [1.807, 2.05) is 24.3 Å². The minimum absolute atomic E-state index is 0.607. The number of aliphatic hydroxyl groups is 1. The van der Waals surface area contributed by atoms with E-state index in [0.717, 1.165) is 16.5 Å². The Morgan fingerprint density at radius 3 is 2.65 bits per heavy atom. The SMILES string of the molecule is CCC[C@H]1CC[C@](O)(c2ccc(Br)cc2)OC1. The summed E-state index contributed by atoms with van der Waals surface area (Å²) in [4.78, 5) is 0. The summed E-state index contributed by atoms with van der Waals surface area (Å²) in [6.07, 6.45) is 4.11. The van der Waals surface area contributed by atoms with Crippen molar-refractivity contribution in [2.45, 2.75) is 38.4 Å². The minimum atomic E-state index is -1.08. The highest BCUT2D eigenvalue weighted by molar-refractivity contribution is 9.10. The lowest BCUT2D eigenvalue weighted by atomic mass is 9.89. The van der Waals surface area contributed by atoms with Crippen LogP contribution in [0.5, 0.6) is 0 Å². The van der Waals surface area contributed by atoms with Crippen LogP contribution < -0.4 is 0 Å². The molecule has 3 heteroatoms. The predicted molar refractivity (Wildman–Crippen MR) is 71.6 cm³/mol. The first-order chi connectivity index (χ1) is 8.14. The van der Waals surface area contributed by atoms with Crippen molar-refractivity contribution < 1.29 is 9.84 Å². The third-order valence-corrected chi connectivity index (χ3v) is 3.97. The van der Waals surface area contributed by atoms with E-state index in [4.69, 9.17) is 4.74 Å². The second-order valence-corrected chi connectivity index (χ2v) is 5.71. The molecule has 1 N–H and O–H groups in total. The van der Waals surface area contributed by atoms with Gasteiger partial charge in [-0.25, -0.2) is 0 Å². The van der Waals surface area contributed by atoms with Crippen molar-refractivity contribution >= 4 is 15.9 Å². The van der Waals surface area contributed by atoms with Gasteiger partial charge in [-0.1, -0.05) is 41.4 Å². The van der Waals surface area contributed by atoms with Crippen molar-refractivity contribution in [2.24, 2.45) is 5.92 Å². The molecule has 0 aromatic heterocycles. The average molecular weight is 299 g/mol. The normalized spacial score (nSPS) is 29.2. The zero-order chi connectivity index (χ0) is 12.3. The highest BCUT2D eigenvalue weighted by atomic mass is 79.9. The van der Waals surface area contributed by atoms with Gasteiger partial charge < -0.3 is 9.84 Å². The van der Waals surface area contributed by atoms with Crippen LogP contribution in [0.4, 0.5) is 0 Å². The van der Waals surface area contributed by atoms with Gasteiger partial charge in [0.1, 0.15) is 0 Å². The van der Waals surface area contributed by atoms with Crippen LogP contribution >= 0.6 is 15.9 Å². The number of hydrogen-bond acceptors (Lipinski definition) is 2. The van der Waals surface area contributed by atoms with Gasteiger partial charge in [0.05, 0.1) is 6.61 Å². The standard InChI is InChI=1S/C14H19BrO2/c1-2-3-11-8-9-14(16,17-10-11)12-4-6-13(15)7-5-12/h4-7,11,16H,2-3,8-10H2,1H3/t11-,14+/m0/s1. The summed E-state index contributed by atoms with van der Waals surface area (Å²) in [5.41, 5.74) is 0.857. The van der Waals surface area contributed by atoms with E-state index in [-0.39, 0.29) is 0 Å². The third kappa shape index (κ3) is 3.09. The number of benzene rings is 1. The predicted octanol–water partition coefficient (Wildman–Crippen LogP) is 3.82. The molecule has 1 aromatic carbocycles. The van der Waals surface area contributed by atoms with Crippen LogP contribution in [0, 0.1) is 5.92 Å². The van der Waals surface area contributed by atoms with Crippen molar-refractivity contribution in [3.05, 3.63) is 34.3 Å². The van der Waals surface area contributed by atoms with Gasteiger partial charge in [-0.15, -0.1) is 0 Å². The number of hydrogen-bond donors (Lipinski definition) is 1. The average Bonchev–Trinajstić information content (AvgIpc) is 2.33. The van der Waals surface area contributed by atoms with Gasteiger partial charge in [-0.05, 0) is 30.9 Å². The van der Waals surface area contributed by atoms with Gasteiger partial charge in [-0.2, -0.15) is 0 Å². The molecule has 1 saturated heterocycles. The Balaban J connectivity index is 2.04. The monoisotopic (exact) mass is 298 g/mol. The van der Waals surface area contributed by atoms with E-state index in [2.05, 4.69) is 22.9 Å². The summed E-state index contributed by atoms with van der Waals surface area (Å²) in [6, 6.07) is 7.72.